The lowest BCUT2D eigenvalue weighted by molar-refractivity contribution is 0.0521. The van der Waals surface area contributed by atoms with Gasteiger partial charge in [0.1, 0.15) is 0 Å². The van der Waals surface area contributed by atoms with Crippen molar-refractivity contribution in [1.29, 1.82) is 0 Å². The van der Waals surface area contributed by atoms with Crippen molar-refractivity contribution in [2.75, 3.05) is 26.3 Å². The molecule has 0 atom stereocenters. The van der Waals surface area contributed by atoms with E-state index in [1.807, 2.05) is 16.9 Å². The molecule has 1 aromatic heterocycles. The normalized spacial score (nSPS) is 16.3. The third-order valence-electron chi connectivity index (χ3n) is 4.42. The van der Waals surface area contributed by atoms with Gasteiger partial charge in [-0.05, 0) is 49.1 Å². The third-order valence-corrected chi connectivity index (χ3v) is 4.42. The molecular weight excluding hydrogens is 274 g/mol. The first kappa shape index (κ1) is 15.3. The van der Waals surface area contributed by atoms with Crippen molar-refractivity contribution < 1.29 is 4.74 Å². The van der Waals surface area contributed by atoms with Gasteiger partial charge in [0.15, 0.2) is 0 Å². The monoisotopic (exact) mass is 299 g/mol. The predicted molar refractivity (Wildman–Crippen MR) is 88.1 cm³/mol. The van der Waals surface area contributed by atoms with Crippen LogP contribution in [-0.2, 0) is 11.3 Å². The molecule has 0 N–H and O–H groups in total. The number of hydrogen-bond donors (Lipinski definition) is 0. The van der Waals surface area contributed by atoms with E-state index in [0.717, 1.165) is 37.9 Å². The Morgan fingerprint density at radius 1 is 1.23 bits per heavy atom. The van der Waals surface area contributed by atoms with E-state index >= 15 is 0 Å². The maximum Gasteiger partial charge on any atom is 0.0645 e. The second kappa shape index (κ2) is 7.56. The Kier molecular flexibility index (Phi) is 5.24. The van der Waals surface area contributed by atoms with Gasteiger partial charge in [-0.3, -0.25) is 4.90 Å². The predicted octanol–water partition coefficient (Wildman–Crippen LogP) is 3.12. The maximum atomic E-state index is 5.45. The maximum absolute atomic E-state index is 5.45. The largest absolute Gasteiger partial charge is 0.381 e. The van der Waals surface area contributed by atoms with Crippen LogP contribution in [0.4, 0.5) is 0 Å². The summed E-state index contributed by atoms with van der Waals surface area (Å²) in [6, 6.07) is 10.7. The molecule has 0 bridgehead atoms. The molecule has 0 amide bonds. The highest BCUT2D eigenvalue weighted by Gasteiger charge is 2.17. The van der Waals surface area contributed by atoms with E-state index in [1.165, 1.54) is 24.9 Å². The molecule has 3 rings (SSSR count). The van der Waals surface area contributed by atoms with Crippen LogP contribution in [0.15, 0.2) is 42.7 Å². The SMILES string of the molecule is CCN(Cc1ccc(-n2cccn2)cc1)CC1CCOCC1. The van der Waals surface area contributed by atoms with E-state index in [4.69, 9.17) is 4.74 Å². The molecule has 0 unspecified atom stereocenters. The lowest BCUT2D eigenvalue weighted by Gasteiger charge is -2.29. The fourth-order valence-electron chi connectivity index (χ4n) is 3.03. The summed E-state index contributed by atoms with van der Waals surface area (Å²) in [5.41, 5.74) is 2.48. The second-order valence-corrected chi connectivity index (χ2v) is 6.00. The van der Waals surface area contributed by atoms with Gasteiger partial charge in [-0.2, -0.15) is 5.10 Å². The Morgan fingerprint density at radius 3 is 2.64 bits per heavy atom. The van der Waals surface area contributed by atoms with E-state index in [0.29, 0.717) is 0 Å². The van der Waals surface area contributed by atoms with E-state index in [-0.39, 0.29) is 0 Å². The Labute approximate surface area is 132 Å². The van der Waals surface area contributed by atoms with Crippen molar-refractivity contribution in [2.45, 2.75) is 26.3 Å². The van der Waals surface area contributed by atoms with E-state index in [2.05, 4.69) is 41.2 Å². The molecule has 1 aromatic carbocycles. The molecule has 0 saturated carbocycles. The second-order valence-electron chi connectivity index (χ2n) is 6.00. The molecule has 22 heavy (non-hydrogen) atoms. The molecule has 1 aliphatic heterocycles. The summed E-state index contributed by atoms with van der Waals surface area (Å²) < 4.78 is 7.35. The highest BCUT2D eigenvalue weighted by Crippen LogP contribution is 2.18. The van der Waals surface area contributed by atoms with Crippen LogP contribution >= 0.6 is 0 Å². The van der Waals surface area contributed by atoms with Crippen LogP contribution < -0.4 is 0 Å². The minimum Gasteiger partial charge on any atom is -0.381 e. The average molecular weight is 299 g/mol. The molecular formula is C18H25N3O. The molecule has 4 nitrogen and oxygen atoms in total. The third kappa shape index (κ3) is 3.96. The quantitative estimate of drug-likeness (QED) is 0.821. The fraction of sp³-hybridized carbons (Fsp3) is 0.500. The minimum absolute atomic E-state index is 0.789. The number of ether oxygens (including phenoxy) is 1. The molecule has 0 aliphatic carbocycles. The zero-order valence-electron chi connectivity index (χ0n) is 13.3. The average Bonchev–Trinajstić information content (AvgIpc) is 3.10. The van der Waals surface area contributed by atoms with Crippen LogP contribution in [-0.4, -0.2) is 41.0 Å². The number of nitrogens with zero attached hydrogens (tertiary/aromatic N) is 3. The molecule has 0 spiro atoms. The molecule has 118 valence electrons. The summed E-state index contributed by atoms with van der Waals surface area (Å²) in [6.45, 7) is 7.41. The van der Waals surface area contributed by atoms with Crippen molar-refractivity contribution in [3.05, 3.63) is 48.3 Å². The Morgan fingerprint density at radius 2 is 2.00 bits per heavy atom. The first-order chi connectivity index (χ1) is 10.8. The number of benzene rings is 1. The summed E-state index contributed by atoms with van der Waals surface area (Å²) >= 11 is 0. The summed E-state index contributed by atoms with van der Waals surface area (Å²) in [6.07, 6.45) is 6.18. The number of aromatic nitrogens is 2. The van der Waals surface area contributed by atoms with E-state index < -0.39 is 0 Å². The highest BCUT2D eigenvalue weighted by atomic mass is 16.5. The smallest absolute Gasteiger partial charge is 0.0645 e. The Bertz CT molecular complexity index is 544. The van der Waals surface area contributed by atoms with Gasteiger partial charge in [-0.1, -0.05) is 19.1 Å². The van der Waals surface area contributed by atoms with Crippen molar-refractivity contribution in [1.82, 2.24) is 14.7 Å². The lowest BCUT2D eigenvalue weighted by atomic mass is 9.99. The topological polar surface area (TPSA) is 30.3 Å². The fourth-order valence-corrected chi connectivity index (χ4v) is 3.03. The van der Waals surface area contributed by atoms with Crippen LogP contribution in [0.1, 0.15) is 25.3 Å². The van der Waals surface area contributed by atoms with Gasteiger partial charge in [0, 0.05) is 38.7 Å². The lowest BCUT2D eigenvalue weighted by Crippen LogP contribution is -2.32. The summed E-state index contributed by atoms with van der Waals surface area (Å²) in [7, 11) is 0. The summed E-state index contributed by atoms with van der Waals surface area (Å²) in [5.74, 6) is 0.789. The molecule has 0 radical (unpaired) electrons. The molecule has 2 heterocycles. The van der Waals surface area contributed by atoms with Crippen molar-refractivity contribution >= 4 is 0 Å². The van der Waals surface area contributed by atoms with Crippen LogP contribution in [0, 0.1) is 5.92 Å². The zero-order valence-corrected chi connectivity index (χ0v) is 13.3. The summed E-state index contributed by atoms with van der Waals surface area (Å²) in [5, 5.41) is 4.27. The van der Waals surface area contributed by atoms with Gasteiger partial charge in [0.25, 0.3) is 0 Å². The molecule has 2 aromatic rings. The van der Waals surface area contributed by atoms with Crippen LogP contribution in [0.3, 0.4) is 0 Å². The van der Waals surface area contributed by atoms with Gasteiger partial charge < -0.3 is 4.74 Å². The number of hydrogen-bond acceptors (Lipinski definition) is 3. The van der Waals surface area contributed by atoms with Gasteiger partial charge >= 0.3 is 0 Å². The summed E-state index contributed by atoms with van der Waals surface area (Å²) in [4.78, 5) is 2.54. The molecule has 1 fully saturated rings. The van der Waals surface area contributed by atoms with Gasteiger partial charge in [0.05, 0.1) is 5.69 Å². The van der Waals surface area contributed by atoms with Gasteiger partial charge in [-0.15, -0.1) is 0 Å². The van der Waals surface area contributed by atoms with Gasteiger partial charge in [0.2, 0.25) is 0 Å². The Hall–Kier alpha value is -1.65. The minimum atomic E-state index is 0.789. The molecule has 1 saturated heterocycles. The first-order valence-corrected chi connectivity index (χ1v) is 8.24. The molecule has 4 heteroatoms. The van der Waals surface area contributed by atoms with Crippen LogP contribution in [0.2, 0.25) is 0 Å². The number of rotatable bonds is 6. The van der Waals surface area contributed by atoms with E-state index in [1.54, 1.807) is 6.20 Å². The van der Waals surface area contributed by atoms with Gasteiger partial charge in [-0.25, -0.2) is 4.68 Å². The van der Waals surface area contributed by atoms with Crippen molar-refractivity contribution in [3.63, 3.8) is 0 Å². The highest BCUT2D eigenvalue weighted by molar-refractivity contribution is 5.33. The standard InChI is InChI=1S/C18H25N3O/c1-2-20(15-17-8-12-22-13-9-17)14-16-4-6-18(7-5-16)21-11-3-10-19-21/h3-7,10-11,17H,2,8-9,12-15H2,1H3. The van der Waals surface area contributed by atoms with Crippen molar-refractivity contribution in [3.8, 4) is 5.69 Å². The van der Waals surface area contributed by atoms with E-state index in [9.17, 15) is 0 Å². The van der Waals surface area contributed by atoms with Crippen LogP contribution in [0.5, 0.6) is 0 Å². The zero-order chi connectivity index (χ0) is 15.2. The first-order valence-electron chi connectivity index (χ1n) is 8.24. The van der Waals surface area contributed by atoms with Crippen LogP contribution in [0.25, 0.3) is 5.69 Å². The molecule has 1 aliphatic rings. The Balaban J connectivity index is 1.58. The van der Waals surface area contributed by atoms with Crippen molar-refractivity contribution in [2.24, 2.45) is 5.92 Å².